The van der Waals surface area contributed by atoms with Gasteiger partial charge in [0.1, 0.15) is 18.3 Å². The summed E-state index contributed by atoms with van der Waals surface area (Å²) < 4.78 is 52.4. The van der Waals surface area contributed by atoms with Crippen LogP contribution >= 0.6 is 0 Å². The average molecular weight is 546 g/mol. The number of aromatic nitrogens is 1. The fourth-order valence-corrected chi connectivity index (χ4v) is 6.08. The van der Waals surface area contributed by atoms with Crippen molar-refractivity contribution < 1.29 is 27.4 Å². The van der Waals surface area contributed by atoms with Crippen molar-refractivity contribution in [1.82, 2.24) is 4.98 Å². The molecule has 4 aromatic rings. The predicted molar refractivity (Wildman–Crippen MR) is 146 cm³/mol. The summed E-state index contributed by atoms with van der Waals surface area (Å²) in [4.78, 5) is 4.10. The third-order valence-corrected chi connectivity index (χ3v) is 8.28. The van der Waals surface area contributed by atoms with Gasteiger partial charge in [-0.3, -0.25) is 0 Å². The minimum atomic E-state index is -4.01. The fraction of sp³-hybridized carbons (Fsp3) is 0.258. The van der Waals surface area contributed by atoms with Gasteiger partial charge in [0, 0.05) is 6.20 Å². The van der Waals surface area contributed by atoms with Crippen molar-refractivity contribution in [2.75, 3.05) is 6.61 Å². The van der Waals surface area contributed by atoms with Gasteiger partial charge in [-0.1, -0.05) is 97.1 Å². The molecule has 1 aliphatic heterocycles. The van der Waals surface area contributed by atoms with Crippen LogP contribution in [0.15, 0.2) is 120 Å². The van der Waals surface area contributed by atoms with Crippen molar-refractivity contribution in [3.05, 3.63) is 132 Å². The summed E-state index contributed by atoms with van der Waals surface area (Å²) in [5.74, 6) is 0. The molecular formula is C31H31NO6S. The number of nitrogens with zero attached hydrogens (tertiary/aromatic N) is 1. The number of rotatable bonds is 12. The van der Waals surface area contributed by atoms with Gasteiger partial charge in [0.2, 0.25) is 9.84 Å². The SMILES string of the molecule is O=S(=O)(c1ccccn1)[C@@H]1O[C@H](COCc2ccccc2)[C@H](OCc2ccccc2)[C@@H]1OCc1ccccc1. The second-order valence-corrected chi connectivity index (χ2v) is 11.3. The van der Waals surface area contributed by atoms with Crippen molar-refractivity contribution in [3.8, 4) is 0 Å². The number of sulfone groups is 1. The minimum Gasteiger partial charge on any atom is -0.374 e. The summed E-state index contributed by atoms with van der Waals surface area (Å²) in [5.41, 5.74) is 1.56. The molecule has 4 atom stereocenters. The predicted octanol–water partition coefficient (Wildman–Crippen LogP) is 4.97. The normalized spacial score (nSPS) is 21.1. The smallest absolute Gasteiger partial charge is 0.225 e. The summed E-state index contributed by atoms with van der Waals surface area (Å²) in [5, 5.41) is -0.0732. The number of hydrogen-bond acceptors (Lipinski definition) is 7. The van der Waals surface area contributed by atoms with Crippen LogP contribution in [0.3, 0.4) is 0 Å². The van der Waals surface area contributed by atoms with Crippen LogP contribution < -0.4 is 0 Å². The van der Waals surface area contributed by atoms with E-state index in [0.29, 0.717) is 6.61 Å². The second kappa shape index (κ2) is 13.1. The molecule has 0 unspecified atom stereocenters. The lowest BCUT2D eigenvalue weighted by atomic mass is 10.1. The van der Waals surface area contributed by atoms with E-state index in [1.807, 2.05) is 91.0 Å². The Morgan fingerprint density at radius 2 is 1.15 bits per heavy atom. The van der Waals surface area contributed by atoms with Crippen LogP contribution in [0.2, 0.25) is 0 Å². The highest BCUT2D eigenvalue weighted by Gasteiger charge is 2.53. The van der Waals surface area contributed by atoms with Gasteiger partial charge in [-0.25, -0.2) is 13.4 Å². The largest absolute Gasteiger partial charge is 0.374 e. The van der Waals surface area contributed by atoms with Gasteiger partial charge in [0.25, 0.3) is 0 Å². The molecule has 0 amide bonds. The maximum absolute atomic E-state index is 13.8. The van der Waals surface area contributed by atoms with Crippen molar-refractivity contribution in [3.63, 3.8) is 0 Å². The first kappa shape index (κ1) is 27.2. The quantitative estimate of drug-likeness (QED) is 0.249. The van der Waals surface area contributed by atoms with E-state index in [-0.39, 0.29) is 24.8 Å². The van der Waals surface area contributed by atoms with Crippen molar-refractivity contribution in [2.45, 2.75) is 48.6 Å². The zero-order chi connectivity index (χ0) is 26.9. The molecule has 0 radical (unpaired) electrons. The average Bonchev–Trinajstić information content (AvgIpc) is 3.35. The summed E-state index contributed by atoms with van der Waals surface area (Å²) in [7, 11) is -4.01. The molecule has 1 saturated heterocycles. The molecule has 1 aliphatic rings. The van der Waals surface area contributed by atoms with Gasteiger partial charge in [-0.15, -0.1) is 0 Å². The maximum Gasteiger partial charge on any atom is 0.225 e. The zero-order valence-corrected chi connectivity index (χ0v) is 22.2. The highest BCUT2D eigenvalue weighted by atomic mass is 32.2. The molecule has 0 spiro atoms. The third-order valence-electron chi connectivity index (χ3n) is 6.47. The topological polar surface area (TPSA) is 84.0 Å². The molecule has 3 aromatic carbocycles. The summed E-state index contributed by atoms with van der Waals surface area (Å²) in [6, 6.07) is 33.9. The third kappa shape index (κ3) is 6.98. The van der Waals surface area contributed by atoms with Crippen LogP contribution in [0.25, 0.3) is 0 Å². The Morgan fingerprint density at radius 3 is 1.69 bits per heavy atom. The molecule has 1 aromatic heterocycles. The molecule has 5 rings (SSSR count). The molecule has 8 heteroatoms. The van der Waals surface area contributed by atoms with E-state index in [9.17, 15) is 8.42 Å². The molecule has 0 N–H and O–H groups in total. The van der Waals surface area contributed by atoms with E-state index in [2.05, 4.69) is 4.98 Å². The van der Waals surface area contributed by atoms with Crippen LogP contribution in [0, 0.1) is 0 Å². The molecule has 0 saturated carbocycles. The second-order valence-electron chi connectivity index (χ2n) is 9.28. The van der Waals surface area contributed by atoms with E-state index in [0.717, 1.165) is 16.7 Å². The van der Waals surface area contributed by atoms with Crippen molar-refractivity contribution in [1.29, 1.82) is 0 Å². The van der Waals surface area contributed by atoms with Gasteiger partial charge in [0.15, 0.2) is 10.5 Å². The van der Waals surface area contributed by atoms with E-state index in [1.165, 1.54) is 12.3 Å². The Morgan fingerprint density at radius 1 is 0.641 bits per heavy atom. The van der Waals surface area contributed by atoms with Crippen LogP contribution in [-0.2, 0) is 48.6 Å². The Bertz CT molecular complexity index is 1390. The molecule has 0 aliphatic carbocycles. The first-order chi connectivity index (χ1) is 19.1. The van der Waals surface area contributed by atoms with E-state index < -0.39 is 33.6 Å². The van der Waals surface area contributed by atoms with E-state index in [4.69, 9.17) is 18.9 Å². The summed E-state index contributed by atoms with van der Waals surface area (Å²) in [6.07, 6.45) is -0.841. The van der Waals surface area contributed by atoms with Crippen LogP contribution in [-0.4, -0.2) is 43.8 Å². The van der Waals surface area contributed by atoms with E-state index in [1.54, 1.807) is 12.1 Å². The Hall–Kier alpha value is -3.40. The lowest BCUT2D eigenvalue weighted by molar-refractivity contribution is -0.0896. The number of pyridine rings is 1. The summed E-state index contributed by atoms with van der Waals surface area (Å²) in [6.45, 7) is 0.963. The first-order valence-electron chi connectivity index (χ1n) is 12.8. The van der Waals surface area contributed by atoms with Gasteiger partial charge in [-0.2, -0.15) is 0 Å². The monoisotopic (exact) mass is 545 g/mol. The highest BCUT2D eigenvalue weighted by Crippen LogP contribution is 2.34. The lowest BCUT2D eigenvalue weighted by Crippen LogP contribution is -2.41. The Kier molecular flexibility index (Phi) is 9.13. The number of benzene rings is 3. The summed E-state index contributed by atoms with van der Waals surface area (Å²) >= 11 is 0. The standard InChI is InChI=1S/C31H31NO6S/c33-39(34,28-18-10-11-19-32-28)31-30(37-22-26-16-8-3-9-17-26)29(36-21-25-14-6-2-7-15-25)27(38-31)23-35-20-24-12-4-1-5-13-24/h1-19,27,29-31H,20-23H2/t27-,29+,30+,31+/m1/s1. The van der Waals surface area contributed by atoms with Gasteiger partial charge < -0.3 is 18.9 Å². The minimum absolute atomic E-state index is 0.0732. The zero-order valence-electron chi connectivity index (χ0n) is 21.4. The van der Waals surface area contributed by atoms with Gasteiger partial charge in [-0.05, 0) is 28.8 Å². The van der Waals surface area contributed by atoms with Crippen LogP contribution in [0.1, 0.15) is 16.7 Å². The molecule has 7 nitrogen and oxygen atoms in total. The first-order valence-corrected chi connectivity index (χ1v) is 14.4. The maximum atomic E-state index is 13.8. The molecular weight excluding hydrogens is 514 g/mol. The van der Waals surface area contributed by atoms with Crippen molar-refractivity contribution in [2.24, 2.45) is 0 Å². The lowest BCUT2D eigenvalue weighted by Gasteiger charge is -2.25. The van der Waals surface area contributed by atoms with E-state index >= 15 is 0 Å². The van der Waals surface area contributed by atoms with Gasteiger partial charge >= 0.3 is 0 Å². The molecule has 2 heterocycles. The number of hydrogen-bond donors (Lipinski definition) is 0. The van der Waals surface area contributed by atoms with Crippen molar-refractivity contribution >= 4 is 9.84 Å². The Balaban J connectivity index is 1.41. The van der Waals surface area contributed by atoms with Gasteiger partial charge in [0.05, 0.1) is 26.4 Å². The molecule has 39 heavy (non-hydrogen) atoms. The molecule has 0 bridgehead atoms. The van der Waals surface area contributed by atoms with Crippen LogP contribution in [0.5, 0.6) is 0 Å². The van der Waals surface area contributed by atoms with Crippen LogP contribution in [0.4, 0.5) is 0 Å². The molecule has 1 fully saturated rings. The Labute approximate surface area is 229 Å². The number of ether oxygens (including phenoxy) is 4. The fourth-order valence-electron chi connectivity index (χ4n) is 4.49. The molecule has 202 valence electrons. The highest BCUT2D eigenvalue weighted by molar-refractivity contribution is 7.91.